The highest BCUT2D eigenvalue weighted by Gasteiger charge is 2.18. The molecule has 3 rings (SSSR count). The summed E-state index contributed by atoms with van der Waals surface area (Å²) in [7, 11) is 2.13. The average molecular weight is 363 g/mol. The molecule has 136 valence electrons. The number of nitrogens with zero attached hydrogens (tertiary/aromatic N) is 4. The van der Waals surface area contributed by atoms with Crippen molar-refractivity contribution in [1.29, 1.82) is 0 Å². The summed E-state index contributed by atoms with van der Waals surface area (Å²) in [5, 5.41) is 7.02. The number of rotatable bonds is 6. The lowest BCUT2D eigenvalue weighted by atomic mass is 10.1. The molecule has 0 aromatic carbocycles. The Hall–Kier alpha value is -1.77. The third-order valence-electron chi connectivity index (χ3n) is 4.40. The molecule has 0 atom stereocenters. The zero-order valence-electron chi connectivity index (χ0n) is 15.0. The molecule has 1 aliphatic rings. The van der Waals surface area contributed by atoms with Gasteiger partial charge in [-0.2, -0.15) is 0 Å². The highest BCUT2D eigenvalue weighted by atomic mass is 32.1. The summed E-state index contributed by atoms with van der Waals surface area (Å²) >= 11 is 1.33. The van der Waals surface area contributed by atoms with Crippen molar-refractivity contribution in [3.05, 3.63) is 34.2 Å². The van der Waals surface area contributed by atoms with Crippen LogP contribution < -0.4 is 5.32 Å². The van der Waals surface area contributed by atoms with E-state index in [4.69, 9.17) is 4.42 Å². The van der Waals surface area contributed by atoms with E-state index in [9.17, 15) is 4.79 Å². The van der Waals surface area contributed by atoms with Gasteiger partial charge in [-0.1, -0.05) is 18.3 Å². The Morgan fingerprint density at radius 1 is 1.32 bits per heavy atom. The first-order valence-corrected chi connectivity index (χ1v) is 9.39. The van der Waals surface area contributed by atoms with E-state index in [-0.39, 0.29) is 5.91 Å². The second-order valence-electron chi connectivity index (χ2n) is 6.76. The zero-order chi connectivity index (χ0) is 17.8. The molecule has 2 aromatic heterocycles. The van der Waals surface area contributed by atoms with Gasteiger partial charge in [0, 0.05) is 26.2 Å². The lowest BCUT2D eigenvalue weighted by molar-refractivity contribution is 0.0916. The molecule has 1 N–H and O–H groups in total. The van der Waals surface area contributed by atoms with Gasteiger partial charge in [-0.3, -0.25) is 9.69 Å². The number of furan rings is 1. The third kappa shape index (κ3) is 4.65. The quantitative estimate of drug-likeness (QED) is 0.845. The van der Waals surface area contributed by atoms with Crippen LogP contribution >= 0.6 is 11.5 Å². The summed E-state index contributed by atoms with van der Waals surface area (Å²) in [4.78, 5) is 18.0. The van der Waals surface area contributed by atoms with E-state index in [1.165, 1.54) is 11.5 Å². The monoisotopic (exact) mass is 363 g/mol. The molecule has 3 heterocycles. The number of piperazine rings is 1. The van der Waals surface area contributed by atoms with E-state index in [0.717, 1.165) is 49.1 Å². The number of nitrogens with one attached hydrogen (secondary N) is 1. The standard InChI is InChI=1S/C17H25N5O2S/c1-12(2)16-15(25-20-19-16)10-18-17(23)14-5-4-13(24-14)11-22-8-6-21(3)7-9-22/h4-5,12H,6-11H2,1-3H3,(H,18,23). The Morgan fingerprint density at radius 3 is 2.80 bits per heavy atom. The van der Waals surface area contributed by atoms with Gasteiger partial charge in [0.15, 0.2) is 5.76 Å². The first-order chi connectivity index (χ1) is 12.0. The van der Waals surface area contributed by atoms with Crippen molar-refractivity contribution in [2.24, 2.45) is 0 Å². The molecule has 0 bridgehead atoms. The Morgan fingerprint density at radius 2 is 2.08 bits per heavy atom. The fraction of sp³-hybridized carbons (Fsp3) is 0.588. The molecule has 7 nitrogen and oxygen atoms in total. The van der Waals surface area contributed by atoms with Crippen LogP contribution in [0.15, 0.2) is 16.5 Å². The number of aromatic nitrogens is 2. The van der Waals surface area contributed by atoms with E-state index < -0.39 is 0 Å². The number of carbonyl (C=O) groups is 1. The van der Waals surface area contributed by atoms with Crippen molar-refractivity contribution in [2.45, 2.75) is 32.9 Å². The van der Waals surface area contributed by atoms with Crippen LogP contribution in [0.2, 0.25) is 0 Å². The van der Waals surface area contributed by atoms with Gasteiger partial charge < -0.3 is 14.6 Å². The summed E-state index contributed by atoms with van der Waals surface area (Å²) < 4.78 is 9.70. The molecule has 1 saturated heterocycles. The number of carbonyl (C=O) groups excluding carboxylic acids is 1. The predicted octanol–water partition coefficient (Wildman–Crippen LogP) is 1.93. The molecule has 25 heavy (non-hydrogen) atoms. The molecule has 1 amide bonds. The van der Waals surface area contributed by atoms with Crippen molar-refractivity contribution in [3.8, 4) is 0 Å². The van der Waals surface area contributed by atoms with Crippen LogP contribution in [-0.2, 0) is 13.1 Å². The molecule has 0 unspecified atom stereocenters. The maximum Gasteiger partial charge on any atom is 0.287 e. The highest BCUT2D eigenvalue weighted by Crippen LogP contribution is 2.19. The van der Waals surface area contributed by atoms with Gasteiger partial charge in [0.1, 0.15) is 5.76 Å². The van der Waals surface area contributed by atoms with Gasteiger partial charge >= 0.3 is 0 Å². The number of hydrogen-bond donors (Lipinski definition) is 1. The van der Waals surface area contributed by atoms with E-state index in [1.807, 2.05) is 6.07 Å². The predicted molar refractivity (Wildman–Crippen MR) is 96.7 cm³/mol. The number of likely N-dealkylation sites (N-methyl/N-ethyl adjacent to an activating group) is 1. The molecule has 0 saturated carbocycles. The van der Waals surface area contributed by atoms with Gasteiger partial charge in [-0.05, 0) is 36.6 Å². The van der Waals surface area contributed by atoms with Crippen molar-refractivity contribution >= 4 is 17.4 Å². The van der Waals surface area contributed by atoms with Crippen LogP contribution in [0.5, 0.6) is 0 Å². The summed E-state index contributed by atoms with van der Waals surface area (Å²) in [5.74, 6) is 1.28. The molecule has 0 spiro atoms. The summed E-state index contributed by atoms with van der Waals surface area (Å²) in [5.41, 5.74) is 0.945. The van der Waals surface area contributed by atoms with Gasteiger partial charge in [0.2, 0.25) is 0 Å². The van der Waals surface area contributed by atoms with Crippen LogP contribution in [0.3, 0.4) is 0 Å². The molecule has 1 aliphatic heterocycles. The lowest BCUT2D eigenvalue weighted by Crippen LogP contribution is -2.43. The molecule has 0 aliphatic carbocycles. The minimum atomic E-state index is -0.201. The maximum atomic E-state index is 12.3. The minimum absolute atomic E-state index is 0.201. The second kappa shape index (κ2) is 8.07. The number of hydrogen-bond acceptors (Lipinski definition) is 7. The molecule has 2 aromatic rings. The van der Waals surface area contributed by atoms with Gasteiger partial charge in [0.25, 0.3) is 5.91 Å². The average Bonchev–Trinajstić information content (AvgIpc) is 3.24. The van der Waals surface area contributed by atoms with Gasteiger partial charge in [-0.15, -0.1) is 5.10 Å². The Kier molecular flexibility index (Phi) is 5.82. The van der Waals surface area contributed by atoms with Crippen molar-refractivity contribution in [3.63, 3.8) is 0 Å². The summed E-state index contributed by atoms with van der Waals surface area (Å²) in [6.07, 6.45) is 0. The summed E-state index contributed by atoms with van der Waals surface area (Å²) in [6.45, 7) is 9.49. The zero-order valence-corrected chi connectivity index (χ0v) is 15.8. The van der Waals surface area contributed by atoms with E-state index >= 15 is 0 Å². The second-order valence-corrected chi connectivity index (χ2v) is 7.60. The summed E-state index contributed by atoms with van der Waals surface area (Å²) in [6, 6.07) is 3.63. The fourth-order valence-corrected chi connectivity index (χ4v) is 3.57. The van der Waals surface area contributed by atoms with Crippen LogP contribution in [-0.4, -0.2) is 58.5 Å². The fourth-order valence-electron chi connectivity index (χ4n) is 2.84. The lowest BCUT2D eigenvalue weighted by Gasteiger charge is -2.31. The smallest absolute Gasteiger partial charge is 0.287 e. The Bertz CT molecular complexity index is 703. The van der Waals surface area contributed by atoms with Crippen LogP contribution in [0.25, 0.3) is 0 Å². The molecular formula is C17H25N5O2S. The first kappa shape index (κ1) is 18.0. The van der Waals surface area contributed by atoms with Gasteiger partial charge in [0.05, 0.1) is 23.7 Å². The van der Waals surface area contributed by atoms with E-state index in [2.05, 4.69) is 45.6 Å². The maximum absolute atomic E-state index is 12.3. The molecule has 0 radical (unpaired) electrons. The third-order valence-corrected chi connectivity index (χ3v) is 5.14. The van der Waals surface area contributed by atoms with Crippen LogP contribution in [0, 0.1) is 0 Å². The normalized spacial score (nSPS) is 16.5. The highest BCUT2D eigenvalue weighted by molar-refractivity contribution is 7.05. The Balaban J connectivity index is 1.53. The van der Waals surface area contributed by atoms with Crippen molar-refractivity contribution in [1.82, 2.24) is 24.7 Å². The van der Waals surface area contributed by atoms with Crippen LogP contribution in [0.4, 0.5) is 0 Å². The SMILES string of the molecule is CC(C)c1nnsc1CNC(=O)c1ccc(CN2CCN(C)CC2)o1. The molecule has 1 fully saturated rings. The first-order valence-electron chi connectivity index (χ1n) is 8.62. The largest absolute Gasteiger partial charge is 0.455 e. The van der Waals surface area contributed by atoms with Crippen molar-refractivity contribution < 1.29 is 9.21 Å². The molecule has 8 heteroatoms. The van der Waals surface area contributed by atoms with E-state index in [0.29, 0.717) is 18.2 Å². The minimum Gasteiger partial charge on any atom is -0.455 e. The molecular weight excluding hydrogens is 338 g/mol. The van der Waals surface area contributed by atoms with Crippen LogP contribution in [0.1, 0.15) is 46.7 Å². The Labute approximate surface area is 152 Å². The van der Waals surface area contributed by atoms with Gasteiger partial charge in [-0.25, -0.2) is 0 Å². The number of amides is 1. The van der Waals surface area contributed by atoms with E-state index in [1.54, 1.807) is 6.07 Å². The topological polar surface area (TPSA) is 74.5 Å². The van der Waals surface area contributed by atoms with Crippen molar-refractivity contribution in [2.75, 3.05) is 33.2 Å².